The number of nitriles is 1. The number of ether oxygens (including phenoxy) is 1. The molecule has 2 saturated carbocycles. The number of amides is 1. The Morgan fingerprint density at radius 3 is 2.93 bits per heavy atom. The number of nitrogens with one attached hydrogen (secondary N) is 1. The third-order valence-electron chi connectivity index (χ3n) is 6.46. The van der Waals surface area contributed by atoms with Crippen LogP contribution in [0.15, 0.2) is 30.5 Å². The van der Waals surface area contributed by atoms with Gasteiger partial charge >= 0.3 is 0 Å². The number of aromatic nitrogens is 1. The molecule has 1 N–H and O–H groups in total. The SMILES string of the molecule is CN1CCO[C@@H](C(=O)Nc2cc3cc(C4(C#N)CC45CC5)ccc3cn2)C1. The molecule has 2 atom stereocenters. The van der Waals surface area contributed by atoms with Gasteiger partial charge in [-0.15, -0.1) is 0 Å². The molecule has 5 rings (SSSR count). The van der Waals surface area contributed by atoms with Gasteiger partial charge < -0.3 is 15.0 Å². The highest BCUT2D eigenvalue weighted by atomic mass is 16.5. The molecular formula is C21H22N4O2. The standard InChI is InChI=1S/C21H22N4O2/c1-25-6-7-27-17(11-25)19(26)24-18-9-15-8-16(3-2-14(15)10-23-18)21(13-22)12-20(21)4-5-20/h2-3,8-10,17H,4-7,11-12H2,1H3,(H,23,24,26)/t17-,21?/m1/s1. The van der Waals surface area contributed by atoms with Crippen molar-refractivity contribution in [2.24, 2.45) is 5.41 Å². The summed E-state index contributed by atoms with van der Waals surface area (Å²) in [6.45, 7) is 1.97. The van der Waals surface area contributed by atoms with Gasteiger partial charge in [-0.3, -0.25) is 4.79 Å². The summed E-state index contributed by atoms with van der Waals surface area (Å²) in [5, 5.41) is 14.6. The lowest BCUT2D eigenvalue weighted by Gasteiger charge is -2.28. The summed E-state index contributed by atoms with van der Waals surface area (Å²) in [5.74, 6) is 0.349. The summed E-state index contributed by atoms with van der Waals surface area (Å²) in [6, 6.07) is 10.6. The van der Waals surface area contributed by atoms with Gasteiger partial charge in [0.15, 0.2) is 0 Å². The van der Waals surface area contributed by atoms with E-state index < -0.39 is 6.10 Å². The van der Waals surface area contributed by atoms with E-state index in [4.69, 9.17) is 4.74 Å². The minimum absolute atomic E-state index is 0.169. The van der Waals surface area contributed by atoms with Crippen molar-refractivity contribution in [3.8, 4) is 6.07 Å². The van der Waals surface area contributed by atoms with E-state index in [-0.39, 0.29) is 16.7 Å². The lowest BCUT2D eigenvalue weighted by atomic mass is 9.92. The fourth-order valence-corrected chi connectivity index (χ4v) is 4.47. The Bertz CT molecular complexity index is 978. The molecule has 3 aliphatic rings. The first-order valence-corrected chi connectivity index (χ1v) is 9.48. The van der Waals surface area contributed by atoms with Crippen LogP contribution in [-0.2, 0) is 14.9 Å². The first kappa shape index (κ1) is 16.7. The number of hydrogen-bond acceptors (Lipinski definition) is 5. The highest BCUT2D eigenvalue weighted by Gasteiger charge is 2.75. The maximum Gasteiger partial charge on any atom is 0.255 e. The minimum Gasteiger partial charge on any atom is -0.366 e. The van der Waals surface area contributed by atoms with Crippen molar-refractivity contribution in [2.75, 3.05) is 32.1 Å². The van der Waals surface area contributed by atoms with Crippen molar-refractivity contribution in [1.29, 1.82) is 5.26 Å². The second-order valence-electron chi connectivity index (χ2n) is 8.22. The van der Waals surface area contributed by atoms with E-state index in [0.717, 1.165) is 42.1 Å². The van der Waals surface area contributed by atoms with E-state index in [0.29, 0.717) is 19.0 Å². The van der Waals surface area contributed by atoms with Crippen LogP contribution in [0.2, 0.25) is 0 Å². The van der Waals surface area contributed by atoms with E-state index in [1.54, 1.807) is 6.20 Å². The minimum atomic E-state index is -0.476. The van der Waals surface area contributed by atoms with Gasteiger partial charge in [-0.05, 0) is 54.8 Å². The number of rotatable bonds is 3. The molecule has 0 radical (unpaired) electrons. The Hall–Kier alpha value is -2.49. The van der Waals surface area contributed by atoms with Gasteiger partial charge in [-0.1, -0.05) is 12.1 Å². The molecule has 1 aromatic carbocycles. The molecule has 6 heteroatoms. The van der Waals surface area contributed by atoms with Crippen LogP contribution in [0.3, 0.4) is 0 Å². The number of hydrogen-bond donors (Lipinski definition) is 1. The Morgan fingerprint density at radius 1 is 1.37 bits per heavy atom. The average Bonchev–Trinajstić information content (AvgIpc) is 3.59. The fourth-order valence-electron chi connectivity index (χ4n) is 4.47. The van der Waals surface area contributed by atoms with E-state index in [1.807, 2.05) is 19.2 Å². The van der Waals surface area contributed by atoms with Crippen molar-refractivity contribution >= 4 is 22.5 Å². The Labute approximate surface area is 158 Å². The molecule has 1 unspecified atom stereocenters. The first-order chi connectivity index (χ1) is 13.1. The summed E-state index contributed by atoms with van der Waals surface area (Å²) < 4.78 is 5.57. The van der Waals surface area contributed by atoms with E-state index in [2.05, 4.69) is 33.4 Å². The predicted molar refractivity (Wildman–Crippen MR) is 101 cm³/mol. The average molecular weight is 362 g/mol. The number of anilines is 1. The molecule has 1 amide bonds. The normalized spacial score (nSPS) is 28.7. The molecule has 0 bridgehead atoms. The second-order valence-corrected chi connectivity index (χ2v) is 8.22. The molecular weight excluding hydrogens is 340 g/mol. The molecule has 1 aromatic heterocycles. The summed E-state index contributed by atoms with van der Waals surface area (Å²) in [7, 11) is 1.98. The number of nitrogens with zero attached hydrogens (tertiary/aromatic N) is 3. The predicted octanol–water partition coefficient (Wildman–Crippen LogP) is 2.45. The molecule has 6 nitrogen and oxygen atoms in total. The molecule has 1 spiro atoms. The number of carbonyl (C=O) groups excluding carboxylic acids is 1. The fraction of sp³-hybridized carbons (Fsp3) is 0.476. The smallest absolute Gasteiger partial charge is 0.255 e. The van der Waals surface area contributed by atoms with Crippen molar-refractivity contribution < 1.29 is 9.53 Å². The van der Waals surface area contributed by atoms with Crippen molar-refractivity contribution in [2.45, 2.75) is 30.8 Å². The van der Waals surface area contributed by atoms with E-state index >= 15 is 0 Å². The second kappa shape index (κ2) is 5.75. The van der Waals surface area contributed by atoms with Gasteiger partial charge in [0.1, 0.15) is 11.9 Å². The molecule has 2 heterocycles. The van der Waals surface area contributed by atoms with Crippen LogP contribution in [-0.4, -0.2) is 48.6 Å². The van der Waals surface area contributed by atoms with Crippen LogP contribution in [0, 0.1) is 16.7 Å². The maximum absolute atomic E-state index is 12.5. The van der Waals surface area contributed by atoms with Crippen LogP contribution < -0.4 is 5.32 Å². The molecule has 2 aromatic rings. The molecule has 138 valence electrons. The van der Waals surface area contributed by atoms with Crippen LogP contribution in [0.4, 0.5) is 5.82 Å². The Morgan fingerprint density at radius 2 is 2.22 bits per heavy atom. The van der Waals surface area contributed by atoms with Crippen LogP contribution >= 0.6 is 0 Å². The molecule has 3 fully saturated rings. The van der Waals surface area contributed by atoms with Crippen LogP contribution in [0.1, 0.15) is 24.8 Å². The quantitative estimate of drug-likeness (QED) is 0.907. The third-order valence-corrected chi connectivity index (χ3v) is 6.46. The Kier molecular flexibility index (Phi) is 3.55. The lowest BCUT2D eigenvalue weighted by Crippen LogP contribution is -2.46. The number of morpholine rings is 1. The summed E-state index contributed by atoms with van der Waals surface area (Å²) >= 11 is 0. The van der Waals surface area contributed by atoms with E-state index in [9.17, 15) is 10.1 Å². The van der Waals surface area contributed by atoms with Gasteiger partial charge in [0.25, 0.3) is 5.91 Å². The zero-order valence-electron chi connectivity index (χ0n) is 15.4. The number of carbonyl (C=O) groups is 1. The highest BCUT2D eigenvalue weighted by Crippen LogP contribution is 2.78. The van der Waals surface area contributed by atoms with Crippen molar-refractivity contribution in [3.05, 3.63) is 36.0 Å². The number of likely N-dealkylation sites (N-methyl/N-ethyl adjacent to an activating group) is 1. The van der Waals surface area contributed by atoms with Crippen LogP contribution in [0.25, 0.3) is 10.8 Å². The van der Waals surface area contributed by atoms with Gasteiger partial charge in [0.2, 0.25) is 0 Å². The third kappa shape index (κ3) is 2.61. The number of benzene rings is 1. The van der Waals surface area contributed by atoms with Crippen molar-refractivity contribution in [1.82, 2.24) is 9.88 Å². The van der Waals surface area contributed by atoms with Gasteiger partial charge in [0.05, 0.1) is 18.1 Å². The highest BCUT2D eigenvalue weighted by molar-refractivity contribution is 5.95. The molecule has 1 saturated heterocycles. The zero-order valence-corrected chi connectivity index (χ0v) is 15.4. The maximum atomic E-state index is 12.5. The topological polar surface area (TPSA) is 78.2 Å². The van der Waals surface area contributed by atoms with Crippen LogP contribution in [0.5, 0.6) is 0 Å². The summed E-state index contributed by atoms with van der Waals surface area (Å²) in [5.41, 5.74) is 1.02. The van der Waals surface area contributed by atoms with Gasteiger partial charge in [-0.25, -0.2) is 4.98 Å². The zero-order chi connectivity index (χ0) is 18.6. The lowest BCUT2D eigenvalue weighted by molar-refractivity contribution is -0.132. The van der Waals surface area contributed by atoms with Gasteiger partial charge in [0, 0.05) is 24.7 Å². The number of fused-ring (bicyclic) bond motifs is 1. The van der Waals surface area contributed by atoms with Gasteiger partial charge in [-0.2, -0.15) is 5.26 Å². The molecule has 2 aliphatic carbocycles. The van der Waals surface area contributed by atoms with E-state index in [1.165, 1.54) is 0 Å². The summed E-state index contributed by atoms with van der Waals surface area (Å²) in [6.07, 6.45) is 4.58. The Balaban J connectivity index is 1.40. The first-order valence-electron chi connectivity index (χ1n) is 9.48. The van der Waals surface area contributed by atoms with Crippen molar-refractivity contribution in [3.63, 3.8) is 0 Å². The molecule has 1 aliphatic heterocycles. The summed E-state index contributed by atoms with van der Waals surface area (Å²) in [4.78, 5) is 18.9. The largest absolute Gasteiger partial charge is 0.366 e. The number of pyridine rings is 1. The monoisotopic (exact) mass is 362 g/mol. The molecule has 27 heavy (non-hydrogen) atoms.